The summed E-state index contributed by atoms with van der Waals surface area (Å²) in [5.74, 6) is -0.906. The summed E-state index contributed by atoms with van der Waals surface area (Å²) in [6.07, 6.45) is 2.14. The second kappa shape index (κ2) is 6.30. The van der Waals surface area contributed by atoms with E-state index >= 15 is 0 Å². The van der Waals surface area contributed by atoms with Gasteiger partial charge in [-0.1, -0.05) is 0 Å². The van der Waals surface area contributed by atoms with E-state index in [0.717, 1.165) is 19.0 Å². The summed E-state index contributed by atoms with van der Waals surface area (Å²) in [6, 6.07) is 2.69. The predicted octanol–water partition coefficient (Wildman–Crippen LogP) is 1.29. The molecule has 0 spiro atoms. The number of halogens is 1. The lowest BCUT2D eigenvalue weighted by atomic mass is 10.2. The Bertz CT molecular complexity index is 382. The molecule has 1 rings (SSSR count). The fourth-order valence-corrected chi connectivity index (χ4v) is 1.37. The Balaban J connectivity index is 2.49. The Kier molecular flexibility index (Phi) is 5.03. The van der Waals surface area contributed by atoms with Crippen LogP contribution in [-0.2, 0) is 0 Å². The minimum absolute atomic E-state index is 0.0566. The highest BCUT2D eigenvalue weighted by atomic mass is 19.1. The number of hydrogen-bond acceptors (Lipinski definition) is 3. The van der Waals surface area contributed by atoms with Gasteiger partial charge in [-0.25, -0.2) is 4.98 Å². The van der Waals surface area contributed by atoms with Crippen LogP contribution in [0.25, 0.3) is 0 Å². The summed E-state index contributed by atoms with van der Waals surface area (Å²) in [7, 11) is 3.96. The summed E-state index contributed by atoms with van der Waals surface area (Å²) in [5.41, 5.74) is 0.300. The number of nitrogens with zero attached hydrogens (tertiary/aromatic N) is 2. The van der Waals surface area contributed by atoms with Gasteiger partial charge < -0.3 is 10.2 Å². The smallest absolute Gasteiger partial charge is 0.251 e. The average molecular weight is 239 g/mol. The lowest BCUT2D eigenvalue weighted by Gasteiger charge is -2.16. The van der Waals surface area contributed by atoms with Crippen LogP contribution in [0.5, 0.6) is 0 Å². The van der Waals surface area contributed by atoms with E-state index in [2.05, 4.69) is 15.2 Å². The van der Waals surface area contributed by atoms with Crippen molar-refractivity contribution in [2.75, 3.05) is 20.6 Å². The van der Waals surface area contributed by atoms with Crippen LogP contribution < -0.4 is 5.32 Å². The Morgan fingerprint density at radius 1 is 1.59 bits per heavy atom. The first kappa shape index (κ1) is 13.6. The van der Waals surface area contributed by atoms with Crippen molar-refractivity contribution >= 4 is 5.91 Å². The van der Waals surface area contributed by atoms with Crippen LogP contribution in [0, 0.1) is 5.95 Å². The van der Waals surface area contributed by atoms with Crippen molar-refractivity contribution < 1.29 is 9.18 Å². The maximum Gasteiger partial charge on any atom is 0.251 e. The van der Waals surface area contributed by atoms with Crippen LogP contribution in [0.15, 0.2) is 18.3 Å². The van der Waals surface area contributed by atoms with E-state index in [1.54, 1.807) is 0 Å². The van der Waals surface area contributed by atoms with Crippen molar-refractivity contribution in [1.29, 1.82) is 0 Å². The van der Waals surface area contributed by atoms with Crippen molar-refractivity contribution in [3.63, 3.8) is 0 Å². The molecule has 1 atom stereocenters. The van der Waals surface area contributed by atoms with Gasteiger partial charge in [0, 0.05) is 23.9 Å². The topological polar surface area (TPSA) is 45.2 Å². The molecule has 0 saturated carbocycles. The van der Waals surface area contributed by atoms with E-state index in [1.807, 2.05) is 21.0 Å². The zero-order valence-corrected chi connectivity index (χ0v) is 10.4. The molecule has 0 aliphatic heterocycles. The maximum atomic E-state index is 12.8. The first-order chi connectivity index (χ1) is 7.99. The van der Waals surface area contributed by atoms with E-state index in [0.29, 0.717) is 5.56 Å². The Morgan fingerprint density at radius 2 is 2.29 bits per heavy atom. The van der Waals surface area contributed by atoms with E-state index in [-0.39, 0.29) is 11.9 Å². The van der Waals surface area contributed by atoms with E-state index < -0.39 is 5.95 Å². The summed E-state index contributed by atoms with van der Waals surface area (Å²) in [6.45, 7) is 2.82. The van der Waals surface area contributed by atoms with Gasteiger partial charge in [0.1, 0.15) is 0 Å². The van der Waals surface area contributed by atoms with Crippen molar-refractivity contribution in [3.8, 4) is 0 Å². The van der Waals surface area contributed by atoms with Crippen molar-refractivity contribution in [3.05, 3.63) is 29.8 Å². The first-order valence-corrected chi connectivity index (χ1v) is 5.56. The summed E-state index contributed by atoms with van der Waals surface area (Å²) in [5, 5.41) is 2.82. The molecule has 1 aromatic heterocycles. The Morgan fingerprint density at radius 3 is 2.88 bits per heavy atom. The van der Waals surface area contributed by atoms with Crippen molar-refractivity contribution in [2.45, 2.75) is 19.4 Å². The predicted molar refractivity (Wildman–Crippen MR) is 64.3 cm³/mol. The van der Waals surface area contributed by atoms with Crippen LogP contribution in [0.4, 0.5) is 4.39 Å². The molecule has 94 valence electrons. The number of amides is 1. The number of rotatable bonds is 5. The van der Waals surface area contributed by atoms with Crippen LogP contribution in [0.3, 0.4) is 0 Å². The molecular formula is C12H18FN3O. The molecule has 0 aliphatic rings. The second-order valence-corrected chi connectivity index (χ2v) is 4.33. The van der Waals surface area contributed by atoms with Crippen LogP contribution in [0.2, 0.25) is 0 Å². The lowest BCUT2D eigenvalue weighted by Crippen LogP contribution is -2.34. The molecule has 1 amide bonds. The highest BCUT2D eigenvalue weighted by Gasteiger charge is 2.10. The van der Waals surface area contributed by atoms with Crippen molar-refractivity contribution in [2.24, 2.45) is 0 Å². The van der Waals surface area contributed by atoms with Gasteiger partial charge in [-0.15, -0.1) is 0 Å². The SMILES string of the molecule is CC(CCN(C)C)NC(=O)c1ccnc(F)c1. The van der Waals surface area contributed by atoms with Gasteiger partial charge in [-0.3, -0.25) is 4.79 Å². The van der Waals surface area contributed by atoms with Crippen LogP contribution in [0.1, 0.15) is 23.7 Å². The molecule has 5 heteroatoms. The second-order valence-electron chi connectivity index (χ2n) is 4.33. The average Bonchev–Trinajstić information content (AvgIpc) is 2.26. The lowest BCUT2D eigenvalue weighted by molar-refractivity contribution is 0.0936. The number of hydrogen-bond donors (Lipinski definition) is 1. The van der Waals surface area contributed by atoms with Gasteiger partial charge >= 0.3 is 0 Å². The van der Waals surface area contributed by atoms with Gasteiger partial charge in [0.2, 0.25) is 5.95 Å². The molecule has 4 nitrogen and oxygen atoms in total. The normalized spacial score (nSPS) is 12.5. The van der Waals surface area contributed by atoms with E-state index in [4.69, 9.17) is 0 Å². The fraction of sp³-hybridized carbons (Fsp3) is 0.500. The minimum atomic E-state index is -0.640. The largest absolute Gasteiger partial charge is 0.350 e. The number of carbonyl (C=O) groups is 1. The molecule has 1 aromatic rings. The molecule has 0 bridgehead atoms. The molecule has 0 fully saturated rings. The zero-order valence-electron chi connectivity index (χ0n) is 10.4. The summed E-state index contributed by atoms with van der Waals surface area (Å²) in [4.78, 5) is 17.2. The third kappa shape index (κ3) is 4.91. The highest BCUT2D eigenvalue weighted by Crippen LogP contribution is 2.02. The molecular weight excluding hydrogens is 221 g/mol. The maximum absolute atomic E-state index is 12.8. The molecule has 0 radical (unpaired) electrons. The summed E-state index contributed by atoms with van der Waals surface area (Å²) < 4.78 is 12.8. The molecule has 0 aromatic carbocycles. The fourth-order valence-electron chi connectivity index (χ4n) is 1.37. The molecule has 17 heavy (non-hydrogen) atoms. The molecule has 1 N–H and O–H groups in total. The standard InChI is InChI=1S/C12H18FN3O/c1-9(5-7-16(2)3)15-12(17)10-4-6-14-11(13)8-10/h4,6,8-9H,5,7H2,1-3H3,(H,15,17). The highest BCUT2D eigenvalue weighted by molar-refractivity contribution is 5.94. The summed E-state index contributed by atoms with van der Waals surface area (Å²) >= 11 is 0. The van der Waals surface area contributed by atoms with Gasteiger partial charge in [-0.05, 0) is 40.1 Å². The Hall–Kier alpha value is -1.49. The number of nitrogens with one attached hydrogen (secondary N) is 1. The monoisotopic (exact) mass is 239 g/mol. The number of pyridine rings is 1. The third-order valence-corrected chi connectivity index (χ3v) is 2.38. The number of carbonyl (C=O) groups excluding carboxylic acids is 1. The molecule has 0 aliphatic carbocycles. The van der Waals surface area contributed by atoms with Gasteiger partial charge in [0.15, 0.2) is 0 Å². The van der Waals surface area contributed by atoms with Crippen LogP contribution in [-0.4, -0.2) is 42.5 Å². The number of aromatic nitrogens is 1. The third-order valence-electron chi connectivity index (χ3n) is 2.38. The van der Waals surface area contributed by atoms with E-state index in [9.17, 15) is 9.18 Å². The van der Waals surface area contributed by atoms with Crippen LogP contribution >= 0.6 is 0 Å². The Labute approximate surface area is 101 Å². The van der Waals surface area contributed by atoms with E-state index in [1.165, 1.54) is 12.3 Å². The zero-order chi connectivity index (χ0) is 12.8. The van der Waals surface area contributed by atoms with Gasteiger partial charge in [0.25, 0.3) is 5.91 Å². The quantitative estimate of drug-likeness (QED) is 0.787. The first-order valence-electron chi connectivity index (χ1n) is 5.56. The minimum Gasteiger partial charge on any atom is -0.350 e. The van der Waals surface area contributed by atoms with Gasteiger partial charge in [-0.2, -0.15) is 4.39 Å². The van der Waals surface area contributed by atoms with Crippen molar-refractivity contribution in [1.82, 2.24) is 15.2 Å². The molecule has 1 unspecified atom stereocenters. The molecule has 1 heterocycles. The van der Waals surface area contributed by atoms with Gasteiger partial charge in [0.05, 0.1) is 0 Å². The molecule has 0 saturated heterocycles.